The fourth-order valence-corrected chi connectivity index (χ4v) is 3.16. The number of rotatable bonds is 5. The summed E-state index contributed by atoms with van der Waals surface area (Å²) in [6.45, 7) is 1.97. The summed E-state index contributed by atoms with van der Waals surface area (Å²) in [6, 6.07) is 13.0. The van der Waals surface area contributed by atoms with E-state index in [-0.39, 0.29) is 5.56 Å². The predicted molar refractivity (Wildman–Crippen MR) is 107 cm³/mol. The number of aromatic nitrogens is 4. The summed E-state index contributed by atoms with van der Waals surface area (Å²) < 4.78 is 7.45. The molecule has 0 N–H and O–H groups in total. The molecule has 0 bridgehead atoms. The molecule has 0 saturated carbocycles. The largest absolute Gasteiger partial charge is 0.489 e. The fraction of sp³-hybridized carbons (Fsp3) is 0.238. The quantitative estimate of drug-likeness (QED) is 0.638. The molecule has 0 atom stereocenters. The molecule has 0 spiro atoms. The highest BCUT2D eigenvalue weighted by atomic mass is 16.5. The standard InChI is InChI=1S/C21H21N5O2/c1-25-20(27)12-19(18-9-10-22-15-23-18)24-21(25)26-11-5-6-16(13-26)14-28-17-7-3-2-4-8-17/h2-4,6-10,12,15H,5,11,13-14H2,1H3. The summed E-state index contributed by atoms with van der Waals surface area (Å²) in [4.78, 5) is 27.4. The van der Waals surface area contributed by atoms with E-state index in [1.54, 1.807) is 23.9 Å². The van der Waals surface area contributed by atoms with Crippen LogP contribution in [0.2, 0.25) is 0 Å². The Bertz CT molecular complexity index is 1030. The van der Waals surface area contributed by atoms with E-state index in [2.05, 4.69) is 20.9 Å². The first-order valence-corrected chi connectivity index (χ1v) is 9.16. The first-order chi connectivity index (χ1) is 13.7. The maximum atomic E-state index is 12.5. The molecule has 1 aliphatic rings. The van der Waals surface area contributed by atoms with E-state index in [1.165, 1.54) is 12.4 Å². The van der Waals surface area contributed by atoms with Crippen LogP contribution in [0.15, 0.2) is 71.4 Å². The predicted octanol–water partition coefficient (Wildman–Crippen LogP) is 2.45. The number of anilines is 1. The van der Waals surface area contributed by atoms with E-state index in [9.17, 15) is 4.79 Å². The van der Waals surface area contributed by atoms with Crippen molar-refractivity contribution >= 4 is 5.95 Å². The van der Waals surface area contributed by atoms with Crippen LogP contribution >= 0.6 is 0 Å². The Morgan fingerprint density at radius 3 is 2.79 bits per heavy atom. The molecule has 0 saturated heterocycles. The second-order valence-electron chi connectivity index (χ2n) is 6.61. The van der Waals surface area contributed by atoms with Crippen LogP contribution in [0, 0.1) is 0 Å². The lowest BCUT2D eigenvalue weighted by atomic mass is 10.1. The normalized spacial score (nSPS) is 13.9. The van der Waals surface area contributed by atoms with Crippen molar-refractivity contribution in [3.63, 3.8) is 0 Å². The molecule has 0 fully saturated rings. The molecule has 142 valence electrons. The molecule has 28 heavy (non-hydrogen) atoms. The molecule has 3 heterocycles. The van der Waals surface area contributed by atoms with Crippen LogP contribution in [-0.2, 0) is 7.05 Å². The summed E-state index contributed by atoms with van der Waals surface area (Å²) in [5, 5.41) is 0. The monoisotopic (exact) mass is 375 g/mol. The van der Waals surface area contributed by atoms with E-state index in [4.69, 9.17) is 9.72 Å². The Kier molecular flexibility index (Phi) is 5.14. The van der Waals surface area contributed by atoms with Gasteiger partial charge in [0.05, 0.1) is 11.4 Å². The van der Waals surface area contributed by atoms with Crippen LogP contribution in [0.3, 0.4) is 0 Å². The van der Waals surface area contributed by atoms with Crippen LogP contribution in [-0.4, -0.2) is 39.2 Å². The minimum absolute atomic E-state index is 0.116. The second-order valence-corrected chi connectivity index (χ2v) is 6.61. The van der Waals surface area contributed by atoms with Crippen molar-refractivity contribution in [1.82, 2.24) is 19.5 Å². The molecule has 1 aromatic carbocycles. The van der Waals surface area contributed by atoms with Crippen molar-refractivity contribution in [1.29, 1.82) is 0 Å². The van der Waals surface area contributed by atoms with Gasteiger partial charge in [-0.2, -0.15) is 0 Å². The number of nitrogens with zero attached hydrogens (tertiary/aromatic N) is 5. The molecule has 0 unspecified atom stereocenters. The SMILES string of the molecule is Cn1c(N2CCC=C(COc3ccccc3)C2)nc(-c2ccncn2)cc1=O. The fourth-order valence-electron chi connectivity index (χ4n) is 3.16. The molecule has 0 aliphatic carbocycles. The van der Waals surface area contributed by atoms with Gasteiger partial charge in [0.15, 0.2) is 0 Å². The Morgan fingerprint density at radius 1 is 1.14 bits per heavy atom. The van der Waals surface area contributed by atoms with Crippen LogP contribution in [0.25, 0.3) is 11.4 Å². The summed E-state index contributed by atoms with van der Waals surface area (Å²) in [5.41, 5.74) is 2.23. The lowest BCUT2D eigenvalue weighted by Gasteiger charge is -2.29. The maximum absolute atomic E-state index is 12.5. The van der Waals surface area contributed by atoms with Crippen LogP contribution in [0.1, 0.15) is 6.42 Å². The number of hydrogen-bond donors (Lipinski definition) is 0. The Balaban J connectivity index is 1.55. The van der Waals surface area contributed by atoms with Gasteiger partial charge in [-0.05, 0) is 30.2 Å². The number of benzene rings is 1. The third kappa shape index (κ3) is 3.93. The van der Waals surface area contributed by atoms with Gasteiger partial charge in [0.1, 0.15) is 18.7 Å². The molecule has 4 rings (SSSR count). The molecule has 1 aliphatic heterocycles. The van der Waals surface area contributed by atoms with Crippen molar-refractivity contribution in [2.24, 2.45) is 7.05 Å². The summed E-state index contributed by atoms with van der Waals surface area (Å²) in [5.74, 6) is 1.48. The van der Waals surface area contributed by atoms with Crippen molar-refractivity contribution in [3.8, 4) is 17.1 Å². The second kappa shape index (κ2) is 8.04. The van der Waals surface area contributed by atoms with Crippen LogP contribution in [0.5, 0.6) is 5.75 Å². The van der Waals surface area contributed by atoms with Crippen molar-refractivity contribution in [2.75, 3.05) is 24.6 Å². The van der Waals surface area contributed by atoms with E-state index in [0.717, 1.165) is 24.3 Å². The number of hydrogen-bond acceptors (Lipinski definition) is 6. The zero-order valence-corrected chi connectivity index (χ0v) is 15.7. The van der Waals surface area contributed by atoms with Gasteiger partial charge in [0.2, 0.25) is 5.95 Å². The van der Waals surface area contributed by atoms with E-state index >= 15 is 0 Å². The van der Waals surface area contributed by atoms with Gasteiger partial charge in [0.25, 0.3) is 5.56 Å². The van der Waals surface area contributed by atoms with Crippen LogP contribution < -0.4 is 15.2 Å². The van der Waals surface area contributed by atoms with Gasteiger partial charge in [0, 0.05) is 32.4 Å². The van der Waals surface area contributed by atoms with Crippen molar-refractivity contribution < 1.29 is 4.74 Å². The van der Waals surface area contributed by atoms with E-state index in [0.29, 0.717) is 30.5 Å². The van der Waals surface area contributed by atoms with Gasteiger partial charge in [-0.25, -0.2) is 15.0 Å². The summed E-state index contributed by atoms with van der Waals surface area (Å²) >= 11 is 0. The topological polar surface area (TPSA) is 73.1 Å². The molecule has 7 nitrogen and oxygen atoms in total. The van der Waals surface area contributed by atoms with Gasteiger partial charge in [-0.1, -0.05) is 24.3 Å². The van der Waals surface area contributed by atoms with Gasteiger partial charge < -0.3 is 9.64 Å². The Hall–Kier alpha value is -3.48. The molecule has 7 heteroatoms. The highest BCUT2D eigenvalue weighted by Gasteiger charge is 2.19. The average Bonchev–Trinajstić information content (AvgIpc) is 2.75. The third-order valence-electron chi connectivity index (χ3n) is 4.63. The smallest absolute Gasteiger partial charge is 0.255 e. The van der Waals surface area contributed by atoms with Gasteiger partial charge >= 0.3 is 0 Å². The molecule has 0 amide bonds. The van der Waals surface area contributed by atoms with E-state index < -0.39 is 0 Å². The maximum Gasteiger partial charge on any atom is 0.255 e. The van der Waals surface area contributed by atoms with Gasteiger partial charge in [-0.15, -0.1) is 0 Å². The minimum atomic E-state index is -0.116. The average molecular weight is 375 g/mol. The first kappa shape index (κ1) is 17.9. The molecule has 0 radical (unpaired) electrons. The Labute approximate surface area is 163 Å². The molecular weight excluding hydrogens is 354 g/mol. The number of ether oxygens (including phenoxy) is 1. The number of para-hydroxylation sites is 1. The minimum Gasteiger partial charge on any atom is -0.489 e. The van der Waals surface area contributed by atoms with Gasteiger partial charge in [-0.3, -0.25) is 9.36 Å². The van der Waals surface area contributed by atoms with Crippen molar-refractivity contribution in [3.05, 3.63) is 77.0 Å². The highest BCUT2D eigenvalue weighted by molar-refractivity contribution is 5.55. The molecule has 2 aromatic heterocycles. The van der Waals surface area contributed by atoms with E-state index in [1.807, 2.05) is 30.3 Å². The molecule has 3 aromatic rings. The lowest BCUT2D eigenvalue weighted by molar-refractivity contribution is 0.347. The summed E-state index contributed by atoms with van der Waals surface area (Å²) in [6.07, 6.45) is 6.17. The first-order valence-electron chi connectivity index (χ1n) is 9.16. The Morgan fingerprint density at radius 2 is 2.00 bits per heavy atom. The highest BCUT2D eigenvalue weighted by Crippen LogP contribution is 2.20. The zero-order chi connectivity index (χ0) is 19.3. The lowest BCUT2D eigenvalue weighted by Crippen LogP contribution is -2.36. The van der Waals surface area contributed by atoms with Crippen LogP contribution in [0.4, 0.5) is 5.95 Å². The van der Waals surface area contributed by atoms with Crippen molar-refractivity contribution in [2.45, 2.75) is 6.42 Å². The zero-order valence-electron chi connectivity index (χ0n) is 15.7. The third-order valence-corrected chi connectivity index (χ3v) is 4.63. The summed E-state index contributed by atoms with van der Waals surface area (Å²) in [7, 11) is 1.74. The molecular formula is C21H21N5O2.